The second kappa shape index (κ2) is 5.03. The minimum absolute atomic E-state index is 0.0653. The van der Waals surface area contributed by atoms with Gasteiger partial charge in [-0.3, -0.25) is 9.59 Å². The van der Waals surface area contributed by atoms with Gasteiger partial charge < -0.3 is 14.7 Å². The summed E-state index contributed by atoms with van der Waals surface area (Å²) in [4.78, 5) is 26.3. The first-order chi connectivity index (χ1) is 9.01. The number of nitrogens with one attached hydrogen (secondary N) is 1. The molecule has 2 heterocycles. The Morgan fingerprint density at radius 3 is 2.74 bits per heavy atom. The van der Waals surface area contributed by atoms with Crippen LogP contribution in [0.25, 0.3) is 0 Å². The van der Waals surface area contributed by atoms with Crippen molar-refractivity contribution < 1.29 is 14.1 Å². The summed E-state index contributed by atoms with van der Waals surface area (Å²) in [6.07, 6.45) is 2.60. The Morgan fingerprint density at radius 2 is 2.21 bits per heavy atom. The number of piperazine rings is 1. The predicted molar refractivity (Wildman–Crippen MR) is 68.0 cm³/mol. The van der Waals surface area contributed by atoms with Crippen LogP contribution in [0.2, 0.25) is 0 Å². The number of hydrogen-bond acceptors (Lipinski definition) is 4. The van der Waals surface area contributed by atoms with Crippen molar-refractivity contribution in [2.24, 2.45) is 0 Å². The Hall–Kier alpha value is -1.85. The van der Waals surface area contributed by atoms with Gasteiger partial charge in [0.25, 0.3) is 0 Å². The normalized spacial score (nSPS) is 27.5. The van der Waals surface area contributed by atoms with E-state index >= 15 is 0 Å². The maximum absolute atomic E-state index is 12.6. The van der Waals surface area contributed by atoms with Crippen molar-refractivity contribution in [2.75, 3.05) is 0 Å². The molecule has 1 N–H and O–H groups in total. The highest BCUT2D eigenvalue weighted by Gasteiger charge is 2.46. The third-order valence-electron chi connectivity index (χ3n) is 3.73. The van der Waals surface area contributed by atoms with Gasteiger partial charge >= 0.3 is 0 Å². The molecule has 0 spiro atoms. The van der Waals surface area contributed by atoms with E-state index in [1.807, 2.05) is 13.8 Å². The molecule has 19 heavy (non-hydrogen) atoms. The molecule has 1 fully saturated rings. The Labute approximate surface area is 112 Å². The van der Waals surface area contributed by atoms with Crippen molar-refractivity contribution in [3.05, 3.63) is 18.0 Å². The lowest BCUT2D eigenvalue weighted by molar-refractivity contribution is -0.155. The summed E-state index contributed by atoms with van der Waals surface area (Å²) in [6, 6.07) is 1.26. The molecular weight excluding hydrogens is 246 g/mol. The topological polar surface area (TPSA) is 75.4 Å². The molecule has 2 amide bonds. The third-order valence-corrected chi connectivity index (χ3v) is 3.73. The number of rotatable bonds is 4. The Morgan fingerprint density at radius 1 is 1.47 bits per heavy atom. The Kier molecular flexibility index (Phi) is 3.59. The molecular formula is C13H19N3O3. The van der Waals surface area contributed by atoms with Crippen LogP contribution in [0.4, 0.5) is 0 Å². The molecule has 1 aliphatic rings. The molecule has 1 saturated heterocycles. The van der Waals surface area contributed by atoms with Gasteiger partial charge in [-0.2, -0.15) is 0 Å². The molecule has 0 aromatic carbocycles. The fourth-order valence-corrected chi connectivity index (χ4v) is 2.33. The van der Waals surface area contributed by atoms with Crippen molar-refractivity contribution in [1.82, 2.24) is 15.4 Å². The lowest BCUT2D eigenvalue weighted by Crippen LogP contribution is -2.68. The zero-order valence-electron chi connectivity index (χ0n) is 11.5. The number of amides is 2. The highest BCUT2D eigenvalue weighted by Crippen LogP contribution is 2.24. The average Bonchev–Trinajstić information content (AvgIpc) is 2.89. The average molecular weight is 265 g/mol. The lowest BCUT2D eigenvalue weighted by atomic mass is 9.91. The van der Waals surface area contributed by atoms with Gasteiger partial charge in [-0.25, -0.2) is 0 Å². The van der Waals surface area contributed by atoms with Gasteiger partial charge in [0.15, 0.2) is 0 Å². The van der Waals surface area contributed by atoms with Gasteiger partial charge in [0, 0.05) is 6.07 Å². The maximum Gasteiger partial charge on any atom is 0.249 e. The van der Waals surface area contributed by atoms with E-state index in [1.54, 1.807) is 17.9 Å². The quantitative estimate of drug-likeness (QED) is 0.884. The lowest BCUT2D eigenvalue weighted by Gasteiger charge is -2.43. The number of carbonyl (C=O) groups excluding carboxylic acids is 2. The van der Waals surface area contributed by atoms with E-state index in [9.17, 15) is 9.59 Å². The molecule has 2 unspecified atom stereocenters. The molecule has 0 saturated carbocycles. The molecule has 1 aromatic rings. The SMILES string of the molecule is CCC1C(=O)NC(C)(CC)C(=O)N1Cc1ccon1. The standard InChI is InChI=1S/C13H19N3O3/c1-4-10-11(17)14-13(3,5-2)12(18)16(10)8-9-6-7-19-15-9/h6-7,10H,4-5,8H2,1-3H3,(H,14,17). The molecule has 0 aliphatic carbocycles. The number of hydrogen-bond donors (Lipinski definition) is 1. The van der Waals surface area contributed by atoms with Gasteiger partial charge in [-0.05, 0) is 19.8 Å². The first kappa shape index (κ1) is 13.6. The summed E-state index contributed by atoms with van der Waals surface area (Å²) in [5.41, 5.74) is -0.174. The molecule has 6 heteroatoms. The van der Waals surface area contributed by atoms with Crippen molar-refractivity contribution in [2.45, 2.75) is 51.7 Å². The zero-order chi connectivity index (χ0) is 14.0. The van der Waals surface area contributed by atoms with E-state index < -0.39 is 11.6 Å². The van der Waals surface area contributed by atoms with E-state index in [4.69, 9.17) is 4.52 Å². The molecule has 104 valence electrons. The van der Waals surface area contributed by atoms with Gasteiger partial charge in [0.1, 0.15) is 23.5 Å². The summed E-state index contributed by atoms with van der Waals surface area (Å²) in [7, 11) is 0. The molecule has 6 nitrogen and oxygen atoms in total. The minimum Gasteiger partial charge on any atom is -0.364 e. The van der Waals surface area contributed by atoms with Crippen LogP contribution in [0.5, 0.6) is 0 Å². The van der Waals surface area contributed by atoms with Crippen molar-refractivity contribution in [1.29, 1.82) is 0 Å². The van der Waals surface area contributed by atoms with Crippen LogP contribution in [-0.2, 0) is 16.1 Å². The van der Waals surface area contributed by atoms with Gasteiger partial charge in [-0.1, -0.05) is 19.0 Å². The van der Waals surface area contributed by atoms with Gasteiger partial charge in [0.05, 0.1) is 6.54 Å². The predicted octanol–water partition coefficient (Wildman–Crippen LogP) is 1.08. The summed E-state index contributed by atoms with van der Waals surface area (Å²) in [6.45, 7) is 5.84. The Balaban J connectivity index is 2.29. The summed E-state index contributed by atoms with van der Waals surface area (Å²) >= 11 is 0. The van der Waals surface area contributed by atoms with E-state index in [2.05, 4.69) is 10.5 Å². The summed E-state index contributed by atoms with van der Waals surface area (Å²) < 4.78 is 4.78. The van der Waals surface area contributed by atoms with Gasteiger partial charge in [-0.15, -0.1) is 0 Å². The monoisotopic (exact) mass is 265 g/mol. The highest BCUT2D eigenvalue weighted by atomic mass is 16.5. The first-order valence-corrected chi connectivity index (χ1v) is 6.54. The third kappa shape index (κ3) is 2.34. The van der Waals surface area contributed by atoms with Crippen molar-refractivity contribution >= 4 is 11.8 Å². The van der Waals surface area contributed by atoms with Gasteiger partial charge in [0.2, 0.25) is 11.8 Å². The molecule has 0 bridgehead atoms. The fraction of sp³-hybridized carbons (Fsp3) is 0.615. The first-order valence-electron chi connectivity index (χ1n) is 6.54. The number of aromatic nitrogens is 1. The second-order valence-corrected chi connectivity index (χ2v) is 5.02. The molecule has 2 rings (SSSR count). The van der Waals surface area contributed by atoms with E-state index in [-0.39, 0.29) is 11.8 Å². The number of nitrogens with zero attached hydrogens (tertiary/aromatic N) is 2. The molecule has 0 radical (unpaired) electrons. The van der Waals surface area contributed by atoms with E-state index in [0.29, 0.717) is 25.1 Å². The minimum atomic E-state index is -0.827. The molecule has 1 aliphatic heterocycles. The fourth-order valence-electron chi connectivity index (χ4n) is 2.33. The van der Waals surface area contributed by atoms with E-state index in [1.165, 1.54) is 6.26 Å². The largest absolute Gasteiger partial charge is 0.364 e. The van der Waals surface area contributed by atoms with Crippen molar-refractivity contribution in [3.8, 4) is 0 Å². The zero-order valence-corrected chi connectivity index (χ0v) is 11.5. The van der Waals surface area contributed by atoms with Crippen LogP contribution < -0.4 is 5.32 Å². The van der Waals surface area contributed by atoms with Crippen LogP contribution >= 0.6 is 0 Å². The van der Waals surface area contributed by atoms with Crippen LogP contribution in [0.15, 0.2) is 16.9 Å². The Bertz CT molecular complexity index is 471. The molecule has 1 aromatic heterocycles. The van der Waals surface area contributed by atoms with Crippen molar-refractivity contribution in [3.63, 3.8) is 0 Å². The highest BCUT2D eigenvalue weighted by molar-refractivity contribution is 5.99. The van der Waals surface area contributed by atoms with Crippen LogP contribution in [0.3, 0.4) is 0 Å². The molecule has 2 atom stereocenters. The van der Waals surface area contributed by atoms with Crippen LogP contribution in [-0.4, -0.2) is 33.5 Å². The summed E-state index contributed by atoms with van der Waals surface area (Å²) in [5.74, 6) is -0.167. The van der Waals surface area contributed by atoms with E-state index in [0.717, 1.165) is 0 Å². The van der Waals surface area contributed by atoms with Crippen LogP contribution in [0.1, 0.15) is 39.3 Å². The number of carbonyl (C=O) groups is 2. The smallest absolute Gasteiger partial charge is 0.249 e. The maximum atomic E-state index is 12.6. The second-order valence-electron chi connectivity index (χ2n) is 5.02. The summed E-state index contributed by atoms with van der Waals surface area (Å²) in [5, 5.41) is 6.64. The van der Waals surface area contributed by atoms with Crippen LogP contribution in [0, 0.1) is 0 Å².